The molecule has 1 aliphatic rings. The summed E-state index contributed by atoms with van der Waals surface area (Å²) in [5.41, 5.74) is 6.63. The molecule has 1 fully saturated rings. The van der Waals surface area contributed by atoms with Gasteiger partial charge in [0.2, 0.25) is 0 Å². The summed E-state index contributed by atoms with van der Waals surface area (Å²) in [6, 6.07) is 63.0. The van der Waals surface area contributed by atoms with Crippen molar-refractivity contribution in [3.8, 4) is 33.8 Å². The molecule has 0 spiro atoms. The molecule has 0 bridgehead atoms. The molecule has 57 heavy (non-hydrogen) atoms. The summed E-state index contributed by atoms with van der Waals surface area (Å²) in [5, 5.41) is 10.8. The highest BCUT2D eigenvalue weighted by Gasteiger charge is 2.44. The number of hydrogen-bond donors (Lipinski definition) is 0. The normalized spacial score (nSPS) is 17.0. The zero-order valence-electron chi connectivity index (χ0n) is 32.0. The van der Waals surface area contributed by atoms with E-state index in [2.05, 4.69) is 164 Å². The fourth-order valence-electron chi connectivity index (χ4n) is 9.53. The third kappa shape index (κ3) is 5.97. The molecule has 2 unspecified atom stereocenters. The molecular formula is C53H41O3P. The van der Waals surface area contributed by atoms with E-state index in [9.17, 15) is 4.79 Å². The van der Waals surface area contributed by atoms with Gasteiger partial charge in [0, 0.05) is 35.3 Å². The first kappa shape index (κ1) is 35.2. The fourth-order valence-corrected chi connectivity index (χ4v) is 13.4. The summed E-state index contributed by atoms with van der Waals surface area (Å²) in [5.74, 6) is 1.93. The van der Waals surface area contributed by atoms with E-state index in [1.54, 1.807) is 14.2 Å². The van der Waals surface area contributed by atoms with Crippen molar-refractivity contribution in [1.82, 2.24) is 0 Å². The predicted octanol–water partition coefficient (Wildman–Crippen LogP) is 13.6. The van der Waals surface area contributed by atoms with Crippen molar-refractivity contribution in [3.05, 3.63) is 187 Å². The summed E-state index contributed by atoms with van der Waals surface area (Å²) in [6.07, 6.45) is 0.906. The Bertz CT molecular complexity index is 2700. The Labute approximate surface area is 334 Å². The van der Waals surface area contributed by atoms with E-state index < -0.39 is 7.92 Å². The average molecular weight is 757 g/mol. The first-order valence-corrected chi connectivity index (χ1v) is 21.1. The maximum absolute atomic E-state index is 14.8. The Morgan fingerprint density at radius 1 is 0.421 bits per heavy atom. The molecule has 9 aromatic rings. The average Bonchev–Trinajstić information content (AvgIpc) is 3.26. The number of methoxy groups -OCH3 is 2. The predicted molar refractivity (Wildman–Crippen MR) is 240 cm³/mol. The number of carbonyl (C=O) groups is 1. The molecular weight excluding hydrogens is 716 g/mol. The van der Waals surface area contributed by atoms with Gasteiger partial charge in [-0.25, -0.2) is 0 Å². The van der Waals surface area contributed by atoms with Crippen molar-refractivity contribution >= 4 is 62.1 Å². The number of rotatable bonds is 7. The van der Waals surface area contributed by atoms with E-state index in [0.29, 0.717) is 18.6 Å². The molecule has 0 N–H and O–H groups in total. The van der Waals surface area contributed by atoms with Gasteiger partial charge in [0.25, 0.3) is 0 Å². The first-order chi connectivity index (χ1) is 28.1. The molecule has 0 aliphatic carbocycles. The molecule has 0 aromatic heterocycles. The summed E-state index contributed by atoms with van der Waals surface area (Å²) in [7, 11) is 2.29. The number of benzene rings is 9. The topological polar surface area (TPSA) is 35.5 Å². The van der Waals surface area contributed by atoms with Gasteiger partial charge in [0.1, 0.15) is 17.3 Å². The number of ketones is 1. The van der Waals surface area contributed by atoms with Crippen LogP contribution < -0.4 is 14.8 Å². The summed E-state index contributed by atoms with van der Waals surface area (Å²) in [4.78, 5) is 14.8. The molecule has 276 valence electrons. The lowest BCUT2D eigenvalue weighted by Gasteiger charge is -2.42. The summed E-state index contributed by atoms with van der Waals surface area (Å²) < 4.78 is 12.3. The van der Waals surface area contributed by atoms with Crippen molar-refractivity contribution in [2.24, 2.45) is 0 Å². The van der Waals surface area contributed by atoms with Gasteiger partial charge in [-0.05, 0) is 94.9 Å². The van der Waals surface area contributed by atoms with Gasteiger partial charge >= 0.3 is 0 Å². The second-order valence-electron chi connectivity index (χ2n) is 15.0. The van der Waals surface area contributed by atoms with Crippen LogP contribution in [0, 0.1) is 0 Å². The maximum atomic E-state index is 14.8. The number of Topliss-reactive ketones (excluding diaryl/α,β-unsaturated/α-hetero) is 1. The molecule has 4 heteroatoms. The number of hydrogen-bond acceptors (Lipinski definition) is 3. The van der Waals surface area contributed by atoms with Crippen molar-refractivity contribution in [1.29, 1.82) is 0 Å². The minimum Gasteiger partial charge on any atom is -0.496 e. The minimum absolute atomic E-state index is 0.107. The summed E-state index contributed by atoms with van der Waals surface area (Å²) in [6.45, 7) is 0. The van der Waals surface area contributed by atoms with E-state index in [0.717, 1.165) is 33.8 Å². The zero-order valence-corrected chi connectivity index (χ0v) is 32.9. The number of ether oxygens (including phenoxy) is 2. The Kier molecular flexibility index (Phi) is 9.04. The fraction of sp³-hybridized carbons (Fsp3) is 0.113. The van der Waals surface area contributed by atoms with Crippen LogP contribution >= 0.6 is 7.92 Å². The zero-order chi connectivity index (χ0) is 38.5. The van der Waals surface area contributed by atoms with Crippen LogP contribution in [0.5, 0.6) is 11.5 Å². The highest BCUT2D eigenvalue weighted by molar-refractivity contribution is 7.67. The lowest BCUT2D eigenvalue weighted by atomic mass is 9.90. The number of para-hydroxylation sites is 2. The number of fused-ring (bicyclic) bond motifs is 4. The highest BCUT2D eigenvalue weighted by Crippen LogP contribution is 2.70. The first-order valence-electron chi connectivity index (χ1n) is 19.6. The van der Waals surface area contributed by atoms with Crippen LogP contribution in [0.3, 0.4) is 0 Å². The van der Waals surface area contributed by atoms with Crippen molar-refractivity contribution in [2.75, 3.05) is 14.2 Å². The third-order valence-corrected chi connectivity index (χ3v) is 15.1. The molecule has 0 radical (unpaired) electrons. The lowest BCUT2D eigenvalue weighted by Crippen LogP contribution is -2.26. The van der Waals surface area contributed by atoms with Crippen LogP contribution in [0.4, 0.5) is 0 Å². The Morgan fingerprint density at radius 3 is 1.14 bits per heavy atom. The van der Waals surface area contributed by atoms with Crippen LogP contribution in [0.1, 0.15) is 35.3 Å². The van der Waals surface area contributed by atoms with E-state index in [1.165, 1.54) is 59.5 Å². The van der Waals surface area contributed by atoms with Crippen molar-refractivity contribution < 1.29 is 14.3 Å². The van der Waals surface area contributed by atoms with Gasteiger partial charge in [-0.1, -0.05) is 160 Å². The molecule has 1 saturated heterocycles. The third-order valence-electron chi connectivity index (χ3n) is 11.9. The van der Waals surface area contributed by atoms with Gasteiger partial charge in [0.05, 0.1) is 14.2 Å². The van der Waals surface area contributed by atoms with Gasteiger partial charge < -0.3 is 9.47 Å². The van der Waals surface area contributed by atoms with Crippen LogP contribution in [0.15, 0.2) is 176 Å². The van der Waals surface area contributed by atoms with Crippen LogP contribution in [0.25, 0.3) is 65.3 Å². The molecule has 3 nitrogen and oxygen atoms in total. The van der Waals surface area contributed by atoms with E-state index in [1.807, 2.05) is 12.1 Å². The molecule has 1 heterocycles. The van der Waals surface area contributed by atoms with E-state index >= 15 is 0 Å². The maximum Gasteiger partial charge on any atom is 0.134 e. The molecule has 0 amide bonds. The Balaban J connectivity index is 1.40. The van der Waals surface area contributed by atoms with Gasteiger partial charge in [0.15, 0.2) is 0 Å². The molecule has 0 saturated carbocycles. The Morgan fingerprint density at radius 2 is 0.754 bits per heavy atom. The van der Waals surface area contributed by atoms with E-state index in [-0.39, 0.29) is 11.3 Å². The Hall–Kier alpha value is -6.28. The highest BCUT2D eigenvalue weighted by atomic mass is 31.1. The van der Waals surface area contributed by atoms with Gasteiger partial charge in [-0.2, -0.15) is 0 Å². The smallest absolute Gasteiger partial charge is 0.134 e. The van der Waals surface area contributed by atoms with Gasteiger partial charge in [-0.15, -0.1) is 0 Å². The minimum atomic E-state index is -1.22. The lowest BCUT2D eigenvalue weighted by molar-refractivity contribution is -0.119. The molecule has 9 aromatic carbocycles. The quantitative estimate of drug-likeness (QED) is 0.120. The SMILES string of the molecule is COc1ccccc1-c1cccc(-c2ccccc2OC)c1P1C(c2c3ccccc3cc3ccccc23)CC(=O)CC1c1c2ccccc2cc2ccccc12. The second kappa shape index (κ2) is 14.7. The van der Waals surface area contributed by atoms with Crippen molar-refractivity contribution in [2.45, 2.75) is 24.2 Å². The monoisotopic (exact) mass is 756 g/mol. The summed E-state index contributed by atoms with van der Waals surface area (Å²) >= 11 is 0. The van der Waals surface area contributed by atoms with Crippen LogP contribution in [0.2, 0.25) is 0 Å². The largest absolute Gasteiger partial charge is 0.496 e. The number of carbonyl (C=O) groups excluding carboxylic acids is 1. The molecule has 1 aliphatic heterocycles. The standard InChI is InChI=1S/C53H41O3P/c1-55-47-28-13-11-24-43(47)45-26-15-27-46(44-25-12-14-29-48(44)56-2)53(45)57-49(51-39-20-7-3-16-34(39)30-35-17-4-8-21-40(35)51)32-38(54)33-50(57)52-41-22-9-5-18-36(41)31-37-19-6-10-23-42(37)52/h3-31,49-50H,32-33H2,1-2H3. The molecule has 2 atom stereocenters. The van der Waals surface area contributed by atoms with Crippen molar-refractivity contribution in [3.63, 3.8) is 0 Å². The molecule has 10 rings (SSSR count). The van der Waals surface area contributed by atoms with E-state index in [4.69, 9.17) is 9.47 Å². The van der Waals surface area contributed by atoms with Crippen LogP contribution in [-0.2, 0) is 4.79 Å². The second-order valence-corrected chi connectivity index (χ2v) is 17.5. The van der Waals surface area contributed by atoms with Gasteiger partial charge in [-0.3, -0.25) is 4.79 Å². The van der Waals surface area contributed by atoms with Crippen LogP contribution in [-0.4, -0.2) is 20.0 Å².